The van der Waals surface area contributed by atoms with Crippen LogP contribution in [-0.4, -0.2) is 0 Å². The number of hydrogen-bond donors (Lipinski definition) is 0. The highest BCUT2D eigenvalue weighted by molar-refractivity contribution is 9.10. The van der Waals surface area contributed by atoms with Crippen LogP contribution in [0, 0.1) is 0 Å². The highest BCUT2D eigenvalue weighted by Gasteiger charge is 2.23. The third-order valence-corrected chi connectivity index (χ3v) is 4.92. The molecule has 1 aromatic carbocycles. The topological polar surface area (TPSA) is 0 Å². The number of alkyl halides is 1. The molecule has 17 heavy (non-hydrogen) atoms. The quantitative estimate of drug-likeness (QED) is 0.414. The first-order valence-corrected chi connectivity index (χ1v) is 7.66. The lowest BCUT2D eigenvalue weighted by atomic mass is 9.91. The molecule has 0 radical (unpaired) electrons. The van der Waals surface area contributed by atoms with Gasteiger partial charge in [-0.05, 0) is 44.5 Å². The van der Waals surface area contributed by atoms with Crippen molar-refractivity contribution < 1.29 is 0 Å². The van der Waals surface area contributed by atoms with Crippen molar-refractivity contribution in [1.29, 1.82) is 0 Å². The fourth-order valence-corrected chi connectivity index (χ4v) is 4.25. The Labute approximate surface area is 127 Å². The smallest absolute Gasteiger partial charge is 0.0599 e. The van der Waals surface area contributed by atoms with Crippen LogP contribution in [0.4, 0.5) is 0 Å². The Morgan fingerprint density at radius 2 is 1.41 bits per heavy atom. The maximum Gasteiger partial charge on any atom is 0.0599 e. The molecule has 0 N–H and O–H groups in total. The summed E-state index contributed by atoms with van der Waals surface area (Å²) in [5.74, 6) is 0.999. The molecule has 0 spiro atoms. The maximum atomic E-state index is 6.51. The van der Waals surface area contributed by atoms with Crippen LogP contribution in [0.25, 0.3) is 0 Å². The molecule has 0 atom stereocenters. The first-order valence-electron chi connectivity index (χ1n) is 5.57. The molecule has 0 saturated heterocycles. The lowest BCUT2D eigenvalue weighted by Crippen LogP contribution is -2.03. The van der Waals surface area contributed by atoms with Crippen LogP contribution in [0.2, 0.25) is 10.0 Å². The molecule has 1 aromatic rings. The maximum absolute atomic E-state index is 6.51. The summed E-state index contributed by atoms with van der Waals surface area (Å²) in [5.41, 5.74) is 3.07. The standard InChI is InChI=1S/C13H16BrCl3/c1-6(2)9-8(5-15)12(16)11(14)10(7(3)4)13(9)17/h6-7H,5H2,1-4H3. The van der Waals surface area contributed by atoms with Crippen molar-refractivity contribution in [2.45, 2.75) is 45.4 Å². The molecular formula is C13H16BrCl3. The number of hydrogen-bond acceptors (Lipinski definition) is 0. The van der Waals surface area contributed by atoms with Crippen molar-refractivity contribution in [3.8, 4) is 0 Å². The zero-order chi connectivity index (χ0) is 13.3. The molecular weight excluding hydrogens is 342 g/mol. The molecule has 0 aliphatic carbocycles. The second-order valence-electron chi connectivity index (χ2n) is 4.69. The van der Waals surface area contributed by atoms with Crippen molar-refractivity contribution in [1.82, 2.24) is 0 Å². The van der Waals surface area contributed by atoms with Gasteiger partial charge in [-0.25, -0.2) is 0 Å². The van der Waals surface area contributed by atoms with Gasteiger partial charge in [0.1, 0.15) is 0 Å². The van der Waals surface area contributed by atoms with Gasteiger partial charge >= 0.3 is 0 Å². The molecule has 0 aliphatic rings. The number of halogens is 4. The van der Waals surface area contributed by atoms with Gasteiger partial charge in [-0.1, -0.05) is 50.9 Å². The molecule has 0 unspecified atom stereocenters. The summed E-state index contributed by atoms with van der Waals surface area (Å²) in [6, 6.07) is 0. The molecule has 0 aromatic heterocycles. The highest BCUT2D eigenvalue weighted by Crippen LogP contribution is 2.44. The Bertz CT molecular complexity index is 425. The predicted molar refractivity (Wildman–Crippen MR) is 81.9 cm³/mol. The van der Waals surface area contributed by atoms with Gasteiger partial charge in [-0.15, -0.1) is 11.6 Å². The first kappa shape index (κ1) is 15.6. The summed E-state index contributed by atoms with van der Waals surface area (Å²) < 4.78 is 0.874. The van der Waals surface area contributed by atoms with Gasteiger partial charge in [0.05, 0.1) is 5.02 Å². The van der Waals surface area contributed by atoms with E-state index in [4.69, 9.17) is 34.8 Å². The minimum atomic E-state index is 0.305. The van der Waals surface area contributed by atoms with Gasteiger partial charge in [-0.2, -0.15) is 0 Å². The summed E-state index contributed by atoms with van der Waals surface area (Å²) >= 11 is 22.4. The van der Waals surface area contributed by atoms with Crippen LogP contribution in [0.5, 0.6) is 0 Å². The Hall–Kier alpha value is 0.570. The SMILES string of the molecule is CC(C)c1c(Cl)c(C(C)C)c(CCl)c(Cl)c1Br. The first-order chi connectivity index (χ1) is 7.82. The van der Waals surface area contributed by atoms with Crippen LogP contribution < -0.4 is 0 Å². The molecule has 0 aliphatic heterocycles. The van der Waals surface area contributed by atoms with E-state index in [1.54, 1.807) is 0 Å². The molecule has 96 valence electrons. The van der Waals surface area contributed by atoms with Gasteiger partial charge in [-0.3, -0.25) is 0 Å². The van der Waals surface area contributed by atoms with E-state index in [1.807, 2.05) is 0 Å². The summed E-state index contributed by atoms with van der Waals surface area (Å²) in [7, 11) is 0. The van der Waals surface area contributed by atoms with Crippen LogP contribution in [0.1, 0.15) is 56.2 Å². The minimum Gasteiger partial charge on any atom is -0.121 e. The van der Waals surface area contributed by atoms with E-state index >= 15 is 0 Å². The van der Waals surface area contributed by atoms with Gasteiger partial charge in [0.15, 0.2) is 0 Å². The lowest BCUT2D eigenvalue weighted by Gasteiger charge is -2.22. The fraction of sp³-hybridized carbons (Fsp3) is 0.538. The Balaban J connectivity index is 3.69. The van der Waals surface area contributed by atoms with E-state index in [9.17, 15) is 0 Å². The molecule has 0 bridgehead atoms. The zero-order valence-corrected chi connectivity index (χ0v) is 14.2. The predicted octanol–water partition coefficient (Wildman–Crippen LogP) is 6.74. The van der Waals surface area contributed by atoms with Gasteiger partial charge in [0.2, 0.25) is 0 Å². The Kier molecular flexibility index (Phi) is 5.65. The largest absolute Gasteiger partial charge is 0.121 e. The highest BCUT2D eigenvalue weighted by atomic mass is 79.9. The zero-order valence-electron chi connectivity index (χ0n) is 10.4. The van der Waals surface area contributed by atoms with Crippen molar-refractivity contribution in [3.63, 3.8) is 0 Å². The second kappa shape index (κ2) is 6.14. The second-order valence-corrected chi connectivity index (χ2v) is 6.51. The Morgan fingerprint density at radius 1 is 0.941 bits per heavy atom. The monoisotopic (exact) mass is 356 g/mol. The third-order valence-electron chi connectivity index (χ3n) is 2.78. The van der Waals surface area contributed by atoms with E-state index in [-0.39, 0.29) is 0 Å². The summed E-state index contributed by atoms with van der Waals surface area (Å²) in [4.78, 5) is 0. The van der Waals surface area contributed by atoms with E-state index in [0.29, 0.717) is 22.7 Å². The van der Waals surface area contributed by atoms with Crippen molar-refractivity contribution in [2.75, 3.05) is 0 Å². The van der Waals surface area contributed by atoms with E-state index in [2.05, 4.69) is 43.6 Å². The summed E-state index contributed by atoms with van der Waals surface area (Å²) in [6.45, 7) is 8.41. The van der Waals surface area contributed by atoms with Crippen LogP contribution >= 0.6 is 50.7 Å². The molecule has 0 heterocycles. The van der Waals surface area contributed by atoms with E-state index < -0.39 is 0 Å². The summed E-state index contributed by atoms with van der Waals surface area (Å²) in [6.07, 6.45) is 0. The average molecular weight is 359 g/mol. The van der Waals surface area contributed by atoms with E-state index in [0.717, 1.165) is 26.2 Å². The molecule has 0 amide bonds. The molecule has 1 rings (SSSR count). The summed E-state index contributed by atoms with van der Waals surface area (Å²) in [5, 5.41) is 1.48. The van der Waals surface area contributed by atoms with Crippen molar-refractivity contribution in [2.24, 2.45) is 0 Å². The number of benzene rings is 1. The lowest BCUT2D eigenvalue weighted by molar-refractivity contribution is 0.822. The van der Waals surface area contributed by atoms with Crippen LogP contribution in [-0.2, 0) is 5.88 Å². The molecule has 4 heteroatoms. The Morgan fingerprint density at radius 3 is 1.76 bits per heavy atom. The number of rotatable bonds is 3. The molecule has 0 saturated carbocycles. The molecule has 0 nitrogen and oxygen atoms in total. The molecule has 0 fully saturated rings. The average Bonchev–Trinajstić information content (AvgIpc) is 2.21. The van der Waals surface area contributed by atoms with Crippen LogP contribution in [0.15, 0.2) is 4.47 Å². The van der Waals surface area contributed by atoms with Crippen LogP contribution in [0.3, 0.4) is 0 Å². The van der Waals surface area contributed by atoms with Gasteiger partial charge in [0.25, 0.3) is 0 Å². The van der Waals surface area contributed by atoms with Crippen molar-refractivity contribution >= 4 is 50.7 Å². The minimum absolute atomic E-state index is 0.305. The van der Waals surface area contributed by atoms with E-state index in [1.165, 1.54) is 0 Å². The van der Waals surface area contributed by atoms with Gasteiger partial charge in [0, 0.05) is 15.4 Å². The normalized spacial score (nSPS) is 11.6. The van der Waals surface area contributed by atoms with Gasteiger partial charge < -0.3 is 0 Å². The fourth-order valence-electron chi connectivity index (χ4n) is 1.98. The third kappa shape index (κ3) is 2.94. The van der Waals surface area contributed by atoms with Crippen molar-refractivity contribution in [3.05, 3.63) is 31.2 Å².